The molecule has 0 atom stereocenters. The Labute approximate surface area is 156 Å². The van der Waals surface area contributed by atoms with E-state index in [1.165, 1.54) is 18.3 Å². The summed E-state index contributed by atoms with van der Waals surface area (Å²) in [7, 11) is 0. The van der Waals surface area contributed by atoms with Gasteiger partial charge in [0.05, 0.1) is 0 Å². The van der Waals surface area contributed by atoms with E-state index in [9.17, 15) is 8.78 Å². The first-order chi connectivity index (χ1) is 13.2. The molecule has 2 N–H and O–H groups in total. The smallest absolute Gasteiger partial charge is 0.166 e. The molecule has 7 heteroatoms. The second-order valence-corrected chi connectivity index (χ2v) is 6.28. The van der Waals surface area contributed by atoms with Crippen LogP contribution in [0.3, 0.4) is 0 Å². The quantitative estimate of drug-likeness (QED) is 0.738. The lowest BCUT2D eigenvalue weighted by Gasteiger charge is -2.28. The number of anilines is 3. The minimum Gasteiger partial charge on any atom is -0.354 e. The molecule has 0 unspecified atom stereocenters. The van der Waals surface area contributed by atoms with Crippen LogP contribution in [-0.4, -0.2) is 36.1 Å². The first kappa shape index (κ1) is 17.4. The van der Waals surface area contributed by atoms with E-state index in [1.807, 2.05) is 18.2 Å². The van der Waals surface area contributed by atoms with Gasteiger partial charge in [-0.1, -0.05) is 18.2 Å². The summed E-state index contributed by atoms with van der Waals surface area (Å²) in [6, 6.07) is 13.3. The van der Waals surface area contributed by atoms with E-state index in [0.717, 1.165) is 38.1 Å². The summed E-state index contributed by atoms with van der Waals surface area (Å²) >= 11 is 0. The van der Waals surface area contributed by atoms with Crippen LogP contribution in [0.4, 0.5) is 26.2 Å². The number of piperazine rings is 1. The predicted molar refractivity (Wildman–Crippen MR) is 102 cm³/mol. The van der Waals surface area contributed by atoms with Crippen molar-refractivity contribution >= 4 is 17.5 Å². The fourth-order valence-electron chi connectivity index (χ4n) is 3.05. The summed E-state index contributed by atoms with van der Waals surface area (Å²) in [6.45, 7) is 3.73. The van der Waals surface area contributed by atoms with E-state index in [0.29, 0.717) is 17.2 Å². The minimum absolute atomic E-state index is 0.188. The Bertz CT molecular complexity index is 924. The zero-order valence-corrected chi connectivity index (χ0v) is 14.6. The fraction of sp³-hybridized carbons (Fsp3) is 0.200. The van der Waals surface area contributed by atoms with Crippen LogP contribution >= 0.6 is 0 Å². The lowest BCUT2D eigenvalue weighted by atomic mass is 10.1. The largest absolute Gasteiger partial charge is 0.354 e. The molecular weight excluding hydrogens is 348 g/mol. The highest BCUT2D eigenvalue weighted by Crippen LogP contribution is 2.25. The van der Waals surface area contributed by atoms with Gasteiger partial charge in [0.15, 0.2) is 11.6 Å². The van der Waals surface area contributed by atoms with E-state index in [-0.39, 0.29) is 5.56 Å². The number of hydrogen-bond acceptors (Lipinski definition) is 5. The Kier molecular flexibility index (Phi) is 4.93. The molecule has 3 heterocycles. The standard InChI is InChI=1S/C20H19F2N5/c21-16-4-1-3-15(20(16)22)14-7-8-17(24-13-14)25-18-5-2-6-19(26-18)27-11-9-23-10-12-27/h1-8,13,23H,9-12H2,(H,24,25,26). The third-order valence-corrected chi connectivity index (χ3v) is 4.46. The van der Waals surface area contributed by atoms with Crippen molar-refractivity contribution in [2.24, 2.45) is 0 Å². The summed E-state index contributed by atoms with van der Waals surface area (Å²) in [5.41, 5.74) is 0.702. The second-order valence-electron chi connectivity index (χ2n) is 6.28. The number of nitrogens with zero attached hydrogens (tertiary/aromatic N) is 3. The first-order valence-electron chi connectivity index (χ1n) is 8.81. The maximum Gasteiger partial charge on any atom is 0.166 e. The summed E-state index contributed by atoms with van der Waals surface area (Å²) in [4.78, 5) is 11.2. The van der Waals surface area contributed by atoms with Gasteiger partial charge in [-0.2, -0.15) is 0 Å². The van der Waals surface area contributed by atoms with Crippen LogP contribution in [0, 0.1) is 11.6 Å². The zero-order chi connectivity index (χ0) is 18.6. The minimum atomic E-state index is -0.872. The van der Waals surface area contributed by atoms with E-state index in [4.69, 9.17) is 0 Å². The molecule has 1 fully saturated rings. The maximum atomic E-state index is 13.9. The molecule has 138 valence electrons. The van der Waals surface area contributed by atoms with Gasteiger partial charge < -0.3 is 15.5 Å². The van der Waals surface area contributed by atoms with E-state index < -0.39 is 11.6 Å². The Morgan fingerprint density at radius 2 is 1.74 bits per heavy atom. The van der Waals surface area contributed by atoms with Crippen LogP contribution < -0.4 is 15.5 Å². The third-order valence-electron chi connectivity index (χ3n) is 4.46. The lowest BCUT2D eigenvalue weighted by molar-refractivity contribution is 0.511. The normalized spacial score (nSPS) is 14.2. The van der Waals surface area contributed by atoms with Crippen LogP contribution in [-0.2, 0) is 0 Å². The highest BCUT2D eigenvalue weighted by Gasteiger charge is 2.12. The van der Waals surface area contributed by atoms with Crippen molar-refractivity contribution in [1.29, 1.82) is 0 Å². The predicted octanol–water partition coefficient (Wildman–Crippen LogP) is 3.58. The van der Waals surface area contributed by atoms with Crippen LogP contribution in [0.15, 0.2) is 54.7 Å². The Hall–Kier alpha value is -3.06. The number of aromatic nitrogens is 2. The summed E-state index contributed by atoms with van der Waals surface area (Å²) in [5.74, 6) is 0.442. The molecule has 0 aliphatic carbocycles. The van der Waals surface area contributed by atoms with E-state index in [2.05, 4.69) is 25.5 Å². The van der Waals surface area contributed by atoms with Gasteiger partial charge in [-0.05, 0) is 30.3 Å². The molecular formula is C20H19F2N5. The van der Waals surface area contributed by atoms with Crippen LogP contribution in [0.25, 0.3) is 11.1 Å². The lowest BCUT2D eigenvalue weighted by Crippen LogP contribution is -2.43. The van der Waals surface area contributed by atoms with Crippen molar-refractivity contribution in [3.05, 3.63) is 66.4 Å². The average Bonchev–Trinajstić information content (AvgIpc) is 2.72. The fourth-order valence-corrected chi connectivity index (χ4v) is 3.05. The van der Waals surface area contributed by atoms with Crippen molar-refractivity contribution in [3.8, 4) is 11.1 Å². The molecule has 27 heavy (non-hydrogen) atoms. The van der Waals surface area contributed by atoms with Crippen LogP contribution in [0.2, 0.25) is 0 Å². The number of rotatable bonds is 4. The summed E-state index contributed by atoms with van der Waals surface area (Å²) in [5, 5.41) is 6.48. The first-order valence-corrected chi connectivity index (χ1v) is 8.81. The number of halogens is 2. The van der Waals surface area contributed by atoms with Crippen molar-refractivity contribution in [3.63, 3.8) is 0 Å². The van der Waals surface area contributed by atoms with Gasteiger partial charge >= 0.3 is 0 Å². The molecule has 5 nitrogen and oxygen atoms in total. The van der Waals surface area contributed by atoms with E-state index >= 15 is 0 Å². The molecule has 0 bridgehead atoms. The van der Waals surface area contributed by atoms with Gasteiger partial charge in [0.1, 0.15) is 17.5 Å². The topological polar surface area (TPSA) is 53.1 Å². The van der Waals surface area contributed by atoms with Gasteiger partial charge in [0, 0.05) is 43.5 Å². The number of hydrogen-bond donors (Lipinski definition) is 2. The van der Waals surface area contributed by atoms with Crippen molar-refractivity contribution < 1.29 is 8.78 Å². The van der Waals surface area contributed by atoms with E-state index in [1.54, 1.807) is 12.1 Å². The zero-order valence-electron chi connectivity index (χ0n) is 14.6. The maximum absolute atomic E-state index is 13.9. The molecule has 2 aromatic heterocycles. The van der Waals surface area contributed by atoms with Gasteiger partial charge in [-0.3, -0.25) is 0 Å². The van der Waals surface area contributed by atoms with Crippen LogP contribution in [0.1, 0.15) is 0 Å². The highest BCUT2D eigenvalue weighted by molar-refractivity contribution is 5.65. The molecule has 1 aromatic carbocycles. The molecule has 4 rings (SSSR count). The molecule has 1 saturated heterocycles. The third kappa shape index (κ3) is 3.88. The summed E-state index contributed by atoms with van der Waals surface area (Å²) in [6.07, 6.45) is 1.51. The van der Waals surface area contributed by atoms with Gasteiger partial charge in [0.25, 0.3) is 0 Å². The number of benzene rings is 1. The van der Waals surface area contributed by atoms with Crippen molar-refractivity contribution in [2.75, 3.05) is 36.4 Å². The molecule has 3 aromatic rings. The van der Waals surface area contributed by atoms with Gasteiger partial charge in [-0.25, -0.2) is 18.7 Å². The number of nitrogens with one attached hydrogen (secondary N) is 2. The number of pyridine rings is 2. The Balaban J connectivity index is 1.51. The molecule has 1 aliphatic heterocycles. The Morgan fingerprint density at radius 1 is 0.926 bits per heavy atom. The molecule has 0 radical (unpaired) electrons. The Morgan fingerprint density at radius 3 is 2.52 bits per heavy atom. The SMILES string of the molecule is Fc1cccc(-c2ccc(Nc3cccc(N4CCNCC4)n3)nc2)c1F. The average molecular weight is 367 g/mol. The molecule has 0 saturated carbocycles. The van der Waals surface area contributed by atoms with Gasteiger partial charge in [0.2, 0.25) is 0 Å². The van der Waals surface area contributed by atoms with Crippen molar-refractivity contribution in [2.45, 2.75) is 0 Å². The summed E-state index contributed by atoms with van der Waals surface area (Å²) < 4.78 is 27.3. The van der Waals surface area contributed by atoms with Gasteiger partial charge in [-0.15, -0.1) is 0 Å². The monoisotopic (exact) mass is 367 g/mol. The van der Waals surface area contributed by atoms with Crippen molar-refractivity contribution in [1.82, 2.24) is 15.3 Å². The van der Waals surface area contributed by atoms with Crippen LogP contribution in [0.5, 0.6) is 0 Å². The molecule has 1 aliphatic rings. The second kappa shape index (κ2) is 7.67. The molecule has 0 amide bonds. The highest BCUT2D eigenvalue weighted by atomic mass is 19.2. The molecule has 0 spiro atoms.